The molecule has 9 nitrogen and oxygen atoms in total. The fourth-order valence-corrected chi connectivity index (χ4v) is 3.11. The van der Waals surface area contributed by atoms with Crippen LogP contribution in [0, 0.1) is 0 Å². The lowest BCUT2D eigenvalue weighted by Crippen LogP contribution is -2.41. The van der Waals surface area contributed by atoms with E-state index in [2.05, 4.69) is 5.43 Å². The van der Waals surface area contributed by atoms with E-state index in [1.54, 1.807) is 13.0 Å². The molecule has 0 aliphatic carbocycles. The minimum absolute atomic E-state index is 0.0643. The van der Waals surface area contributed by atoms with Crippen LogP contribution in [0.25, 0.3) is 0 Å². The predicted octanol–water partition coefficient (Wildman–Crippen LogP) is 1.22. The molecular weight excluding hydrogens is 376 g/mol. The van der Waals surface area contributed by atoms with Gasteiger partial charge in [0.15, 0.2) is 11.5 Å². The summed E-state index contributed by atoms with van der Waals surface area (Å²) in [6.45, 7) is 1.95. The molecule has 1 amide bonds. The summed E-state index contributed by atoms with van der Waals surface area (Å²) in [6.07, 6.45) is 0. The number of rotatable bonds is 6. The second kappa shape index (κ2) is 7.64. The molecule has 10 heteroatoms. The summed E-state index contributed by atoms with van der Waals surface area (Å²) in [7, 11) is -4.02. The zero-order valence-electron chi connectivity index (χ0n) is 14.2. The highest BCUT2D eigenvalue weighted by Gasteiger charge is 2.19. The lowest BCUT2D eigenvalue weighted by molar-refractivity contribution is 0.0526. The van der Waals surface area contributed by atoms with Gasteiger partial charge in [0.25, 0.3) is 15.9 Å². The van der Waals surface area contributed by atoms with Crippen molar-refractivity contribution in [1.82, 2.24) is 10.3 Å². The highest BCUT2D eigenvalue weighted by atomic mass is 32.2. The van der Waals surface area contributed by atoms with E-state index in [9.17, 15) is 18.0 Å². The van der Waals surface area contributed by atoms with Crippen molar-refractivity contribution < 1.29 is 32.2 Å². The number of hydrazine groups is 1. The number of hydrogen-bond acceptors (Lipinski definition) is 7. The molecule has 2 aromatic rings. The summed E-state index contributed by atoms with van der Waals surface area (Å²) in [6, 6.07) is 9.60. The van der Waals surface area contributed by atoms with Gasteiger partial charge in [0.05, 0.1) is 17.1 Å². The zero-order chi connectivity index (χ0) is 19.4. The molecule has 0 spiro atoms. The number of benzene rings is 2. The molecule has 3 rings (SSSR count). The van der Waals surface area contributed by atoms with Crippen LogP contribution in [0.4, 0.5) is 0 Å². The number of fused-ring (bicyclic) bond motifs is 1. The third-order valence-corrected chi connectivity index (χ3v) is 4.87. The Morgan fingerprint density at radius 2 is 1.70 bits per heavy atom. The maximum Gasteiger partial charge on any atom is 0.338 e. The molecule has 0 aromatic heterocycles. The van der Waals surface area contributed by atoms with E-state index in [1.807, 2.05) is 4.83 Å². The number of carbonyl (C=O) groups excluding carboxylic acids is 2. The maximum atomic E-state index is 12.3. The third-order valence-electron chi connectivity index (χ3n) is 3.61. The molecule has 0 atom stereocenters. The van der Waals surface area contributed by atoms with Gasteiger partial charge >= 0.3 is 5.97 Å². The van der Waals surface area contributed by atoms with Gasteiger partial charge < -0.3 is 14.2 Å². The van der Waals surface area contributed by atoms with Crippen LogP contribution < -0.4 is 19.7 Å². The van der Waals surface area contributed by atoms with Gasteiger partial charge in [-0.2, -0.15) is 0 Å². The monoisotopic (exact) mass is 392 g/mol. The molecule has 0 saturated heterocycles. The zero-order valence-corrected chi connectivity index (χ0v) is 15.0. The number of sulfonamides is 1. The first-order chi connectivity index (χ1) is 12.9. The quantitative estimate of drug-likeness (QED) is 0.560. The van der Waals surface area contributed by atoms with Crippen LogP contribution in [0.3, 0.4) is 0 Å². The number of esters is 1. The minimum Gasteiger partial charge on any atom is -0.462 e. The molecule has 142 valence electrons. The fourth-order valence-electron chi connectivity index (χ4n) is 2.27. The summed E-state index contributed by atoms with van der Waals surface area (Å²) < 4.78 is 39.7. The predicted molar refractivity (Wildman–Crippen MR) is 92.8 cm³/mol. The average molecular weight is 392 g/mol. The van der Waals surface area contributed by atoms with Crippen molar-refractivity contribution in [2.75, 3.05) is 13.4 Å². The number of nitrogens with one attached hydrogen (secondary N) is 2. The SMILES string of the molecule is CCOC(=O)c1ccc(S(=O)(=O)NNC(=O)c2ccc3c(c2)OCO3)cc1. The van der Waals surface area contributed by atoms with E-state index < -0.39 is 21.9 Å². The Balaban J connectivity index is 1.66. The van der Waals surface area contributed by atoms with Gasteiger partial charge in [-0.3, -0.25) is 10.2 Å². The van der Waals surface area contributed by atoms with Crippen LogP contribution in [0.15, 0.2) is 47.4 Å². The topological polar surface area (TPSA) is 120 Å². The largest absolute Gasteiger partial charge is 0.462 e. The summed E-state index contributed by atoms with van der Waals surface area (Å²) in [5, 5.41) is 0. The second-order valence-corrected chi connectivity index (χ2v) is 7.05. The van der Waals surface area contributed by atoms with Crippen LogP contribution in [0.2, 0.25) is 0 Å². The van der Waals surface area contributed by atoms with Crippen LogP contribution >= 0.6 is 0 Å². The van der Waals surface area contributed by atoms with Crippen LogP contribution in [0.1, 0.15) is 27.6 Å². The Labute approximate surface area is 155 Å². The molecule has 27 heavy (non-hydrogen) atoms. The Bertz CT molecular complexity index is 971. The first kappa shape index (κ1) is 18.7. The molecule has 2 aromatic carbocycles. The lowest BCUT2D eigenvalue weighted by atomic mass is 10.2. The van der Waals surface area contributed by atoms with Gasteiger partial charge in [-0.25, -0.2) is 13.2 Å². The van der Waals surface area contributed by atoms with Gasteiger partial charge in [0.2, 0.25) is 6.79 Å². The van der Waals surface area contributed by atoms with Gasteiger partial charge in [0.1, 0.15) is 0 Å². The van der Waals surface area contributed by atoms with Gasteiger partial charge in [-0.15, -0.1) is 4.83 Å². The smallest absolute Gasteiger partial charge is 0.338 e. The van der Waals surface area contributed by atoms with Crippen molar-refractivity contribution in [1.29, 1.82) is 0 Å². The molecule has 1 heterocycles. The molecule has 0 radical (unpaired) electrons. The van der Waals surface area contributed by atoms with E-state index in [0.29, 0.717) is 11.5 Å². The average Bonchev–Trinajstić information content (AvgIpc) is 3.14. The van der Waals surface area contributed by atoms with Gasteiger partial charge in [0, 0.05) is 5.56 Å². The third kappa shape index (κ3) is 4.18. The minimum atomic E-state index is -4.02. The van der Waals surface area contributed by atoms with Crippen molar-refractivity contribution in [3.63, 3.8) is 0 Å². The van der Waals surface area contributed by atoms with Crippen molar-refractivity contribution in [3.8, 4) is 11.5 Å². The Morgan fingerprint density at radius 3 is 2.41 bits per heavy atom. The number of carbonyl (C=O) groups is 2. The lowest BCUT2D eigenvalue weighted by Gasteiger charge is -2.09. The summed E-state index contributed by atoms with van der Waals surface area (Å²) in [5.74, 6) is -0.306. The van der Waals surface area contributed by atoms with Crippen molar-refractivity contribution in [2.24, 2.45) is 0 Å². The fraction of sp³-hybridized carbons (Fsp3) is 0.176. The maximum absolute atomic E-state index is 12.3. The normalized spacial score (nSPS) is 12.5. The summed E-state index contributed by atoms with van der Waals surface area (Å²) >= 11 is 0. The molecule has 0 unspecified atom stereocenters. The Hall–Kier alpha value is -3.11. The Morgan fingerprint density at radius 1 is 1.04 bits per heavy atom. The van der Waals surface area contributed by atoms with E-state index in [0.717, 1.165) is 0 Å². The van der Waals surface area contributed by atoms with E-state index in [-0.39, 0.29) is 29.4 Å². The van der Waals surface area contributed by atoms with Crippen LogP contribution in [-0.4, -0.2) is 33.7 Å². The molecule has 1 aliphatic rings. The highest BCUT2D eigenvalue weighted by Crippen LogP contribution is 2.32. The van der Waals surface area contributed by atoms with Crippen LogP contribution in [0.5, 0.6) is 11.5 Å². The van der Waals surface area contributed by atoms with Crippen molar-refractivity contribution in [3.05, 3.63) is 53.6 Å². The molecule has 2 N–H and O–H groups in total. The Kier molecular flexibility index (Phi) is 5.28. The first-order valence-electron chi connectivity index (χ1n) is 7.89. The van der Waals surface area contributed by atoms with Gasteiger partial charge in [-0.1, -0.05) is 0 Å². The molecular formula is C17H16N2O7S. The van der Waals surface area contributed by atoms with E-state index in [4.69, 9.17) is 14.2 Å². The molecule has 0 saturated carbocycles. The van der Waals surface area contributed by atoms with Crippen molar-refractivity contribution >= 4 is 21.9 Å². The second-order valence-electron chi connectivity index (χ2n) is 5.37. The first-order valence-corrected chi connectivity index (χ1v) is 9.38. The number of amides is 1. The highest BCUT2D eigenvalue weighted by molar-refractivity contribution is 7.89. The molecule has 0 bridgehead atoms. The number of hydrogen-bond donors (Lipinski definition) is 2. The summed E-state index contributed by atoms with van der Waals surface area (Å²) in [4.78, 5) is 25.6. The standard InChI is InChI=1S/C17H16N2O7S/c1-2-24-17(21)11-3-6-13(7-4-11)27(22,23)19-18-16(20)12-5-8-14-15(9-12)26-10-25-14/h3-9,19H,2,10H2,1H3,(H,18,20). The molecule has 0 fully saturated rings. The van der Waals surface area contributed by atoms with E-state index in [1.165, 1.54) is 36.4 Å². The van der Waals surface area contributed by atoms with Crippen LogP contribution in [-0.2, 0) is 14.8 Å². The van der Waals surface area contributed by atoms with Crippen molar-refractivity contribution in [2.45, 2.75) is 11.8 Å². The van der Waals surface area contributed by atoms with Gasteiger partial charge in [-0.05, 0) is 49.4 Å². The number of ether oxygens (including phenoxy) is 3. The molecule has 1 aliphatic heterocycles. The summed E-state index contributed by atoms with van der Waals surface area (Å²) in [5.41, 5.74) is 2.54. The van der Waals surface area contributed by atoms with E-state index >= 15 is 0 Å².